The lowest BCUT2D eigenvalue weighted by Gasteiger charge is -2.27. The number of hydrogen-bond acceptors (Lipinski definition) is 2. The van der Waals surface area contributed by atoms with Gasteiger partial charge in [0.15, 0.2) is 0 Å². The van der Waals surface area contributed by atoms with Crippen LogP contribution in [0, 0.1) is 5.82 Å². The van der Waals surface area contributed by atoms with Gasteiger partial charge in [0.25, 0.3) is 0 Å². The third-order valence-electron chi connectivity index (χ3n) is 3.87. The number of nitrogens with one attached hydrogen (secondary N) is 1. The van der Waals surface area contributed by atoms with Crippen molar-refractivity contribution in [2.75, 3.05) is 24.5 Å². The van der Waals surface area contributed by atoms with E-state index in [0.29, 0.717) is 0 Å². The van der Waals surface area contributed by atoms with Crippen molar-refractivity contribution in [1.29, 1.82) is 0 Å². The largest absolute Gasteiger partial charge is 0.369 e. The highest BCUT2D eigenvalue weighted by atomic mass is 35.5. The molecule has 1 fully saturated rings. The fourth-order valence-electron chi connectivity index (χ4n) is 2.75. The Balaban J connectivity index is 1.83. The maximum Gasteiger partial charge on any atom is 0.143 e. The average Bonchev–Trinajstić information content (AvgIpc) is 2.77. The maximum atomic E-state index is 13.7. The molecule has 0 aliphatic carbocycles. The molecule has 2 nitrogen and oxygen atoms in total. The van der Waals surface area contributed by atoms with Crippen LogP contribution >= 0.6 is 11.6 Å². The van der Waals surface area contributed by atoms with E-state index in [9.17, 15) is 4.39 Å². The topological polar surface area (TPSA) is 15.3 Å². The van der Waals surface area contributed by atoms with Crippen LogP contribution in [0.2, 0.25) is 5.02 Å². The summed E-state index contributed by atoms with van der Waals surface area (Å²) >= 11 is 5.77. The molecule has 0 amide bonds. The Morgan fingerprint density at radius 3 is 2.71 bits per heavy atom. The van der Waals surface area contributed by atoms with Crippen molar-refractivity contribution < 1.29 is 4.39 Å². The second kappa shape index (κ2) is 6.46. The molecule has 2 aromatic rings. The zero-order valence-electron chi connectivity index (χ0n) is 11.7. The lowest BCUT2D eigenvalue weighted by molar-refractivity contribution is 0.569. The number of nitrogens with zero attached hydrogens (tertiary/aromatic N) is 1. The van der Waals surface area contributed by atoms with Crippen molar-refractivity contribution >= 4 is 17.3 Å². The van der Waals surface area contributed by atoms with Gasteiger partial charge in [-0.1, -0.05) is 41.9 Å². The molecular weight excluding hydrogens is 287 g/mol. The van der Waals surface area contributed by atoms with Crippen LogP contribution in [0.1, 0.15) is 18.0 Å². The standard InChI is InChI=1S/C17H18ClFN2/c18-15-8-7-14(11-16(15)19)21-10-4-9-20-17(12-21)13-5-2-1-3-6-13/h1-3,5-8,11,17,20H,4,9-10,12H2. The molecule has 1 atom stereocenters. The van der Waals surface area contributed by atoms with Gasteiger partial charge in [0.2, 0.25) is 0 Å². The molecule has 21 heavy (non-hydrogen) atoms. The first-order chi connectivity index (χ1) is 10.2. The third kappa shape index (κ3) is 3.36. The predicted octanol–water partition coefficient (Wildman–Crippen LogP) is 4.02. The molecule has 0 aromatic heterocycles. The van der Waals surface area contributed by atoms with E-state index >= 15 is 0 Å². The van der Waals surface area contributed by atoms with Gasteiger partial charge in [-0.25, -0.2) is 4.39 Å². The van der Waals surface area contributed by atoms with Gasteiger partial charge in [0.1, 0.15) is 5.82 Å². The van der Waals surface area contributed by atoms with E-state index in [2.05, 4.69) is 22.3 Å². The lowest BCUT2D eigenvalue weighted by Crippen LogP contribution is -2.31. The van der Waals surface area contributed by atoms with Gasteiger partial charge < -0.3 is 10.2 Å². The number of rotatable bonds is 2. The van der Waals surface area contributed by atoms with Gasteiger partial charge in [-0.15, -0.1) is 0 Å². The summed E-state index contributed by atoms with van der Waals surface area (Å²) in [7, 11) is 0. The summed E-state index contributed by atoms with van der Waals surface area (Å²) < 4.78 is 13.7. The van der Waals surface area contributed by atoms with Gasteiger partial charge in [-0.3, -0.25) is 0 Å². The summed E-state index contributed by atoms with van der Waals surface area (Å²) in [6, 6.07) is 15.7. The summed E-state index contributed by atoms with van der Waals surface area (Å²) in [5, 5.41) is 3.73. The Morgan fingerprint density at radius 2 is 1.95 bits per heavy atom. The molecule has 2 aromatic carbocycles. The zero-order valence-corrected chi connectivity index (χ0v) is 12.5. The van der Waals surface area contributed by atoms with Crippen LogP contribution in [0.15, 0.2) is 48.5 Å². The molecule has 0 spiro atoms. The second-order valence-electron chi connectivity index (χ2n) is 5.32. The van der Waals surface area contributed by atoms with Gasteiger partial charge in [0, 0.05) is 24.8 Å². The Morgan fingerprint density at radius 1 is 1.14 bits per heavy atom. The van der Waals surface area contributed by atoms with Crippen LogP contribution in [-0.4, -0.2) is 19.6 Å². The normalized spacial score (nSPS) is 19.3. The first-order valence-corrected chi connectivity index (χ1v) is 7.60. The van der Waals surface area contributed by atoms with Crippen molar-refractivity contribution in [1.82, 2.24) is 5.32 Å². The molecule has 110 valence electrons. The summed E-state index contributed by atoms with van der Waals surface area (Å²) in [6.07, 6.45) is 1.04. The summed E-state index contributed by atoms with van der Waals surface area (Å²) in [4.78, 5) is 2.22. The Kier molecular flexibility index (Phi) is 4.42. The molecule has 3 rings (SSSR count). The Hall–Kier alpha value is -1.58. The zero-order chi connectivity index (χ0) is 14.7. The minimum Gasteiger partial charge on any atom is -0.369 e. The fourth-order valence-corrected chi connectivity index (χ4v) is 2.86. The molecular formula is C17H18ClFN2. The first-order valence-electron chi connectivity index (χ1n) is 7.22. The molecule has 1 heterocycles. The van der Waals surface area contributed by atoms with Gasteiger partial charge in [-0.05, 0) is 36.7 Å². The van der Waals surface area contributed by atoms with Crippen LogP contribution in [-0.2, 0) is 0 Å². The highest BCUT2D eigenvalue weighted by Crippen LogP contribution is 2.25. The van der Waals surface area contributed by atoms with E-state index in [0.717, 1.165) is 31.7 Å². The van der Waals surface area contributed by atoms with Crippen LogP contribution in [0.5, 0.6) is 0 Å². The summed E-state index contributed by atoms with van der Waals surface area (Å²) in [6.45, 7) is 2.70. The molecule has 0 bridgehead atoms. The number of benzene rings is 2. The maximum absolute atomic E-state index is 13.7. The average molecular weight is 305 g/mol. The monoisotopic (exact) mass is 304 g/mol. The molecule has 1 saturated heterocycles. The van der Waals surface area contributed by atoms with Gasteiger partial charge >= 0.3 is 0 Å². The molecule has 4 heteroatoms. The molecule has 1 N–H and O–H groups in total. The van der Waals surface area contributed by atoms with Gasteiger partial charge in [-0.2, -0.15) is 0 Å². The van der Waals surface area contributed by atoms with Crippen LogP contribution < -0.4 is 10.2 Å². The quantitative estimate of drug-likeness (QED) is 0.901. The molecule has 1 aliphatic heterocycles. The third-order valence-corrected chi connectivity index (χ3v) is 4.18. The lowest BCUT2D eigenvalue weighted by atomic mass is 10.1. The summed E-state index contributed by atoms with van der Waals surface area (Å²) in [5.41, 5.74) is 2.15. The van der Waals surface area contributed by atoms with E-state index in [1.807, 2.05) is 24.3 Å². The van der Waals surface area contributed by atoms with Crippen molar-refractivity contribution in [3.63, 3.8) is 0 Å². The minimum atomic E-state index is -0.359. The van der Waals surface area contributed by atoms with Crippen molar-refractivity contribution in [2.24, 2.45) is 0 Å². The van der Waals surface area contributed by atoms with Gasteiger partial charge in [0.05, 0.1) is 5.02 Å². The Labute approximate surface area is 129 Å². The van der Waals surface area contributed by atoms with Crippen LogP contribution in [0.4, 0.5) is 10.1 Å². The predicted molar refractivity (Wildman–Crippen MR) is 85.4 cm³/mol. The number of hydrogen-bond donors (Lipinski definition) is 1. The highest BCUT2D eigenvalue weighted by molar-refractivity contribution is 6.30. The fraction of sp³-hybridized carbons (Fsp3) is 0.294. The molecule has 0 saturated carbocycles. The number of anilines is 1. The second-order valence-corrected chi connectivity index (χ2v) is 5.72. The van der Waals surface area contributed by atoms with Crippen LogP contribution in [0.3, 0.4) is 0 Å². The smallest absolute Gasteiger partial charge is 0.143 e. The van der Waals surface area contributed by atoms with Crippen molar-refractivity contribution in [3.8, 4) is 0 Å². The Bertz CT molecular complexity index is 603. The van der Waals surface area contributed by atoms with Crippen molar-refractivity contribution in [3.05, 3.63) is 64.9 Å². The van der Waals surface area contributed by atoms with E-state index < -0.39 is 0 Å². The highest BCUT2D eigenvalue weighted by Gasteiger charge is 2.19. The molecule has 1 unspecified atom stereocenters. The molecule has 0 radical (unpaired) electrons. The van der Waals surface area contributed by atoms with Crippen molar-refractivity contribution in [2.45, 2.75) is 12.5 Å². The SMILES string of the molecule is Fc1cc(N2CCCNC(c3ccccc3)C2)ccc1Cl. The van der Waals surface area contributed by atoms with E-state index in [4.69, 9.17) is 11.6 Å². The number of halogens is 2. The van der Waals surface area contributed by atoms with Crippen LogP contribution in [0.25, 0.3) is 0 Å². The summed E-state index contributed by atoms with van der Waals surface area (Å²) in [5.74, 6) is -0.359. The minimum absolute atomic E-state index is 0.173. The first kappa shape index (κ1) is 14.4. The van der Waals surface area contributed by atoms with E-state index in [-0.39, 0.29) is 16.9 Å². The van der Waals surface area contributed by atoms with E-state index in [1.54, 1.807) is 6.07 Å². The van der Waals surface area contributed by atoms with E-state index in [1.165, 1.54) is 11.6 Å². The molecule has 1 aliphatic rings.